The van der Waals surface area contributed by atoms with Crippen molar-refractivity contribution in [3.05, 3.63) is 0 Å². The molecular weight excluding hydrogens is 296 g/mol. The number of carboxylic acid groups (broad SMARTS) is 1. The monoisotopic (exact) mass is 313 g/mol. The second kappa shape index (κ2) is 10.8. The van der Waals surface area contributed by atoms with E-state index in [1.54, 1.807) is 11.8 Å². The number of hydrogen-bond donors (Lipinski definition) is 2. The number of carbonyl (C=O) groups is 1. The third-order valence-corrected chi connectivity index (χ3v) is 1.59. The summed E-state index contributed by atoms with van der Waals surface area (Å²) < 4.78 is 0. The van der Waals surface area contributed by atoms with E-state index in [9.17, 15) is 4.79 Å². The van der Waals surface area contributed by atoms with Crippen LogP contribution in [0.4, 0.5) is 0 Å². The molecule has 11 heavy (non-hydrogen) atoms. The molecule has 0 spiro atoms. The number of carboxylic acids is 1. The summed E-state index contributed by atoms with van der Waals surface area (Å²) in [6.07, 6.45) is 2.48. The zero-order chi connectivity index (χ0) is 7.28. The summed E-state index contributed by atoms with van der Waals surface area (Å²) in [6, 6.07) is -0.683. The minimum absolute atomic E-state index is 0. The zero-order valence-electron chi connectivity index (χ0n) is 6.33. The maximum atomic E-state index is 10.1. The van der Waals surface area contributed by atoms with E-state index in [1.165, 1.54) is 0 Å². The van der Waals surface area contributed by atoms with Crippen LogP contribution in [-0.2, 0) is 4.79 Å². The first kappa shape index (κ1) is 17.8. The van der Waals surface area contributed by atoms with Gasteiger partial charge in [0.05, 0.1) is 0 Å². The van der Waals surface area contributed by atoms with E-state index in [0.29, 0.717) is 6.42 Å². The number of rotatable bonds is 4. The van der Waals surface area contributed by atoms with E-state index in [-0.39, 0.29) is 34.1 Å². The summed E-state index contributed by atoms with van der Waals surface area (Å²) in [5.41, 5.74) is 5.19. The Kier molecular flexibility index (Phi) is 17.5. The summed E-state index contributed by atoms with van der Waals surface area (Å²) >= 11 is 1.60. The molecule has 0 fully saturated rings. The Hall–Kier alpha value is 0.819. The van der Waals surface area contributed by atoms with Gasteiger partial charge in [0.1, 0.15) is 6.04 Å². The van der Waals surface area contributed by atoms with Crippen LogP contribution in [0, 0.1) is 0 Å². The molecule has 0 aromatic rings. The Morgan fingerprint density at radius 1 is 1.64 bits per heavy atom. The van der Waals surface area contributed by atoms with Crippen LogP contribution in [0.15, 0.2) is 0 Å². The van der Waals surface area contributed by atoms with Crippen LogP contribution in [0.5, 0.6) is 0 Å². The molecule has 0 aliphatic rings. The molecule has 1 atom stereocenters. The number of hydrogen-bond acceptors (Lipinski definition) is 3. The van der Waals surface area contributed by atoms with Gasteiger partial charge in [0.2, 0.25) is 0 Å². The SMILES string of the molecule is CSCCC(N)C(=O)O.[SeH2].[SeH2]. The van der Waals surface area contributed by atoms with E-state index in [0.717, 1.165) is 5.75 Å². The van der Waals surface area contributed by atoms with Crippen molar-refractivity contribution in [2.75, 3.05) is 12.0 Å². The third kappa shape index (κ3) is 10.8. The van der Waals surface area contributed by atoms with Gasteiger partial charge in [-0.2, -0.15) is 11.8 Å². The summed E-state index contributed by atoms with van der Waals surface area (Å²) in [7, 11) is 0. The van der Waals surface area contributed by atoms with E-state index >= 15 is 0 Å². The molecular formula is C5H15NO2SSe2. The van der Waals surface area contributed by atoms with Crippen LogP contribution in [-0.4, -0.2) is 63.3 Å². The van der Waals surface area contributed by atoms with Crippen molar-refractivity contribution in [3.8, 4) is 0 Å². The molecule has 0 aromatic carbocycles. The fraction of sp³-hybridized carbons (Fsp3) is 0.800. The van der Waals surface area contributed by atoms with Gasteiger partial charge in [0, 0.05) is 0 Å². The molecule has 0 rings (SSSR count). The molecule has 0 heterocycles. The second-order valence-electron chi connectivity index (χ2n) is 1.73. The van der Waals surface area contributed by atoms with Crippen LogP contribution < -0.4 is 5.73 Å². The van der Waals surface area contributed by atoms with Crippen molar-refractivity contribution in [1.29, 1.82) is 0 Å². The van der Waals surface area contributed by atoms with E-state index in [4.69, 9.17) is 10.8 Å². The molecule has 0 aliphatic heterocycles. The van der Waals surface area contributed by atoms with Gasteiger partial charge < -0.3 is 10.8 Å². The maximum absolute atomic E-state index is 10.1. The molecule has 0 saturated carbocycles. The first-order valence-corrected chi connectivity index (χ1v) is 4.05. The van der Waals surface area contributed by atoms with Crippen LogP contribution in [0.1, 0.15) is 6.42 Å². The molecule has 1 unspecified atom stereocenters. The van der Waals surface area contributed by atoms with E-state index in [2.05, 4.69) is 0 Å². The van der Waals surface area contributed by atoms with E-state index in [1.807, 2.05) is 6.26 Å². The van der Waals surface area contributed by atoms with Gasteiger partial charge in [-0.15, -0.1) is 0 Å². The van der Waals surface area contributed by atoms with Gasteiger partial charge in [-0.3, -0.25) is 4.79 Å². The molecule has 6 heteroatoms. The number of aliphatic carboxylic acids is 1. The fourth-order valence-electron chi connectivity index (χ4n) is 0.368. The second-order valence-corrected chi connectivity index (χ2v) is 2.71. The van der Waals surface area contributed by atoms with Crippen LogP contribution >= 0.6 is 11.8 Å². The van der Waals surface area contributed by atoms with Crippen LogP contribution in [0.2, 0.25) is 0 Å². The van der Waals surface area contributed by atoms with Gasteiger partial charge in [-0.05, 0) is 18.4 Å². The van der Waals surface area contributed by atoms with Gasteiger partial charge >= 0.3 is 40.1 Å². The molecule has 3 N–H and O–H groups in total. The van der Waals surface area contributed by atoms with Gasteiger partial charge in [-0.25, -0.2) is 0 Å². The topological polar surface area (TPSA) is 63.3 Å². The predicted molar refractivity (Wildman–Crippen MR) is 55.7 cm³/mol. The van der Waals surface area contributed by atoms with Crippen molar-refractivity contribution >= 4 is 51.9 Å². The average Bonchev–Trinajstić information content (AvgIpc) is 1.82. The Balaban J connectivity index is -0.000000320. The summed E-state index contributed by atoms with van der Waals surface area (Å²) in [6.45, 7) is 0. The summed E-state index contributed by atoms with van der Waals surface area (Å²) in [4.78, 5) is 10.1. The molecule has 70 valence electrons. The fourth-order valence-corrected chi connectivity index (χ4v) is 0.858. The Labute approximate surface area is 91.8 Å². The predicted octanol–water partition coefficient (Wildman–Crippen LogP) is -1.68. The van der Waals surface area contributed by atoms with Crippen molar-refractivity contribution in [1.82, 2.24) is 0 Å². The van der Waals surface area contributed by atoms with Gasteiger partial charge in [0.15, 0.2) is 0 Å². The molecule has 3 nitrogen and oxygen atoms in total. The van der Waals surface area contributed by atoms with Crippen LogP contribution in [0.25, 0.3) is 0 Å². The molecule has 0 amide bonds. The summed E-state index contributed by atoms with van der Waals surface area (Å²) in [5.74, 6) is -0.1000. The minimum atomic E-state index is -0.913. The standard InChI is InChI=1S/C5H11NO2S.2H2Se/c1-9-3-2-4(6)5(7)8;;/h4H,2-3,6H2,1H3,(H,7,8);2*1H2. The van der Waals surface area contributed by atoms with Crippen molar-refractivity contribution in [3.63, 3.8) is 0 Å². The number of thioether (sulfide) groups is 1. The first-order chi connectivity index (χ1) is 4.18. The summed E-state index contributed by atoms with van der Waals surface area (Å²) in [5, 5.41) is 8.27. The van der Waals surface area contributed by atoms with Crippen molar-refractivity contribution < 1.29 is 9.90 Å². The van der Waals surface area contributed by atoms with Crippen molar-refractivity contribution in [2.24, 2.45) is 5.73 Å². The number of nitrogens with two attached hydrogens (primary N) is 1. The first-order valence-electron chi connectivity index (χ1n) is 2.65. The molecule has 0 radical (unpaired) electrons. The normalized spacial score (nSPS) is 10.7. The molecule has 0 aliphatic carbocycles. The Bertz CT molecular complexity index is 104. The van der Waals surface area contributed by atoms with Crippen LogP contribution in [0.3, 0.4) is 0 Å². The Morgan fingerprint density at radius 2 is 2.09 bits per heavy atom. The zero-order valence-corrected chi connectivity index (χ0v) is 11.3. The van der Waals surface area contributed by atoms with Gasteiger partial charge in [-0.1, -0.05) is 0 Å². The van der Waals surface area contributed by atoms with Gasteiger partial charge in [0.25, 0.3) is 0 Å². The van der Waals surface area contributed by atoms with E-state index < -0.39 is 12.0 Å². The molecule has 0 bridgehead atoms. The Morgan fingerprint density at radius 3 is 2.36 bits per heavy atom. The average molecular weight is 311 g/mol. The molecule has 0 aromatic heterocycles. The quantitative estimate of drug-likeness (QED) is 0.609. The molecule has 0 saturated heterocycles. The third-order valence-electron chi connectivity index (χ3n) is 0.950. The van der Waals surface area contributed by atoms with Crippen molar-refractivity contribution in [2.45, 2.75) is 12.5 Å².